The van der Waals surface area contributed by atoms with Crippen molar-refractivity contribution in [3.8, 4) is 0 Å². The van der Waals surface area contributed by atoms with Crippen molar-refractivity contribution < 1.29 is 19.1 Å². The summed E-state index contributed by atoms with van der Waals surface area (Å²) in [6.45, 7) is 7.70. The van der Waals surface area contributed by atoms with Crippen molar-refractivity contribution in [2.24, 2.45) is 0 Å². The Morgan fingerprint density at radius 2 is 1.54 bits per heavy atom. The molecule has 2 aromatic heterocycles. The van der Waals surface area contributed by atoms with Gasteiger partial charge in [0.15, 0.2) is 0 Å². The van der Waals surface area contributed by atoms with E-state index in [4.69, 9.17) is 9.47 Å². The van der Waals surface area contributed by atoms with E-state index < -0.39 is 5.60 Å². The van der Waals surface area contributed by atoms with Crippen LogP contribution in [0.3, 0.4) is 0 Å². The van der Waals surface area contributed by atoms with Gasteiger partial charge in [-0.3, -0.25) is 0 Å². The van der Waals surface area contributed by atoms with Crippen LogP contribution in [-0.2, 0) is 9.47 Å². The molecule has 5 rings (SSSR count). The highest BCUT2D eigenvalue weighted by Crippen LogP contribution is 2.55. The molecule has 0 fully saturated rings. The first-order chi connectivity index (χ1) is 12.3. The molecule has 6 nitrogen and oxygen atoms in total. The maximum atomic E-state index is 12.7. The van der Waals surface area contributed by atoms with Crippen LogP contribution >= 0.6 is 0 Å². The minimum Gasteiger partial charge on any atom is -0.461 e. The van der Waals surface area contributed by atoms with E-state index in [-0.39, 0.29) is 23.8 Å². The number of aromatic nitrogens is 2. The molecule has 2 unspecified atom stereocenters. The van der Waals surface area contributed by atoms with Gasteiger partial charge in [0.1, 0.15) is 17.0 Å². The number of H-pyrrole nitrogens is 2. The average molecular weight is 356 g/mol. The lowest BCUT2D eigenvalue weighted by Crippen LogP contribution is -2.28. The summed E-state index contributed by atoms with van der Waals surface area (Å²) in [6, 6.07) is 0. The Kier molecular flexibility index (Phi) is 3.75. The summed E-state index contributed by atoms with van der Waals surface area (Å²) < 4.78 is 10.8. The minimum atomic E-state index is -0.557. The van der Waals surface area contributed by atoms with Crippen molar-refractivity contribution >= 4 is 11.9 Å². The molecule has 26 heavy (non-hydrogen) atoms. The molecule has 2 aromatic rings. The van der Waals surface area contributed by atoms with E-state index in [0.717, 1.165) is 35.1 Å². The first-order valence-electron chi connectivity index (χ1n) is 9.14. The highest BCUT2D eigenvalue weighted by atomic mass is 16.6. The number of hydrogen-bond donors (Lipinski definition) is 2. The summed E-state index contributed by atoms with van der Waals surface area (Å²) in [5.74, 6) is -0.487. The summed E-state index contributed by atoms with van der Waals surface area (Å²) in [5, 5.41) is 0. The number of ether oxygens (including phenoxy) is 2. The molecule has 0 aliphatic heterocycles. The number of aromatic amines is 2. The van der Waals surface area contributed by atoms with Gasteiger partial charge in [-0.1, -0.05) is 0 Å². The van der Waals surface area contributed by atoms with Crippen molar-refractivity contribution in [2.45, 2.75) is 58.0 Å². The summed E-state index contributed by atoms with van der Waals surface area (Å²) in [4.78, 5) is 31.3. The van der Waals surface area contributed by atoms with Gasteiger partial charge in [-0.15, -0.1) is 0 Å². The smallest absolute Gasteiger partial charge is 0.355 e. The largest absolute Gasteiger partial charge is 0.461 e. The Morgan fingerprint density at radius 1 is 1.00 bits per heavy atom. The number of nitrogens with one attached hydrogen (secondary N) is 2. The first-order valence-corrected chi connectivity index (χ1v) is 9.14. The van der Waals surface area contributed by atoms with E-state index in [1.165, 1.54) is 0 Å². The van der Waals surface area contributed by atoms with Crippen LogP contribution in [0.5, 0.6) is 0 Å². The van der Waals surface area contributed by atoms with E-state index in [1.807, 2.05) is 33.2 Å². The van der Waals surface area contributed by atoms with Gasteiger partial charge in [-0.25, -0.2) is 9.59 Å². The van der Waals surface area contributed by atoms with Crippen LogP contribution < -0.4 is 0 Å². The molecule has 3 aliphatic rings. The fourth-order valence-corrected chi connectivity index (χ4v) is 4.34. The van der Waals surface area contributed by atoms with E-state index in [2.05, 4.69) is 9.97 Å². The predicted octanol–water partition coefficient (Wildman–Crippen LogP) is 3.85. The molecular formula is C20H24N2O4. The van der Waals surface area contributed by atoms with Crippen LogP contribution in [-0.4, -0.2) is 34.1 Å². The molecule has 138 valence electrons. The third kappa shape index (κ3) is 2.47. The molecule has 2 bridgehead atoms. The van der Waals surface area contributed by atoms with E-state index in [0.29, 0.717) is 18.0 Å². The average Bonchev–Trinajstić information content (AvgIpc) is 3.20. The second-order valence-electron chi connectivity index (χ2n) is 7.97. The van der Waals surface area contributed by atoms with Crippen molar-refractivity contribution in [3.05, 3.63) is 46.0 Å². The molecule has 3 aliphatic carbocycles. The van der Waals surface area contributed by atoms with Gasteiger partial charge in [-0.05, 0) is 62.8 Å². The lowest BCUT2D eigenvalue weighted by Gasteiger charge is -2.37. The monoisotopic (exact) mass is 356 g/mol. The molecule has 0 amide bonds. The number of hydrogen-bond acceptors (Lipinski definition) is 4. The summed E-state index contributed by atoms with van der Waals surface area (Å²) >= 11 is 0. The van der Waals surface area contributed by atoms with Crippen LogP contribution in [0.15, 0.2) is 12.4 Å². The summed E-state index contributed by atoms with van der Waals surface area (Å²) in [6.07, 6.45) is 5.76. The van der Waals surface area contributed by atoms with E-state index in [1.54, 1.807) is 6.92 Å². The molecule has 0 radical (unpaired) electrons. The molecule has 0 saturated heterocycles. The van der Waals surface area contributed by atoms with Crippen LogP contribution in [0.1, 0.15) is 95.6 Å². The Balaban J connectivity index is 1.77. The zero-order valence-electron chi connectivity index (χ0n) is 15.6. The second-order valence-corrected chi connectivity index (χ2v) is 7.97. The maximum Gasteiger partial charge on any atom is 0.355 e. The van der Waals surface area contributed by atoms with Crippen molar-refractivity contribution in [1.29, 1.82) is 0 Å². The highest BCUT2D eigenvalue weighted by Gasteiger charge is 2.44. The Bertz CT molecular complexity index is 884. The minimum absolute atomic E-state index is 0.00410. The van der Waals surface area contributed by atoms with Crippen molar-refractivity contribution in [2.75, 3.05) is 6.61 Å². The molecule has 0 spiro atoms. The third-order valence-corrected chi connectivity index (χ3v) is 5.18. The zero-order chi connectivity index (χ0) is 18.6. The topological polar surface area (TPSA) is 84.2 Å². The van der Waals surface area contributed by atoms with Gasteiger partial charge in [0, 0.05) is 24.2 Å². The summed E-state index contributed by atoms with van der Waals surface area (Å²) in [5.41, 5.74) is 4.71. The molecular weight excluding hydrogens is 332 g/mol. The van der Waals surface area contributed by atoms with Gasteiger partial charge in [0.25, 0.3) is 0 Å². The van der Waals surface area contributed by atoms with Crippen molar-refractivity contribution in [3.63, 3.8) is 0 Å². The van der Waals surface area contributed by atoms with E-state index >= 15 is 0 Å². The van der Waals surface area contributed by atoms with Gasteiger partial charge < -0.3 is 19.4 Å². The van der Waals surface area contributed by atoms with E-state index in [9.17, 15) is 9.59 Å². The molecule has 2 heterocycles. The van der Waals surface area contributed by atoms with Gasteiger partial charge in [0.2, 0.25) is 0 Å². The molecule has 0 aromatic carbocycles. The molecule has 6 heteroatoms. The van der Waals surface area contributed by atoms with Crippen LogP contribution in [0.25, 0.3) is 0 Å². The van der Waals surface area contributed by atoms with Crippen molar-refractivity contribution in [1.82, 2.24) is 9.97 Å². The lowest BCUT2D eigenvalue weighted by atomic mass is 9.65. The Hall–Kier alpha value is -2.50. The number of carbonyl (C=O) groups is 2. The highest BCUT2D eigenvalue weighted by molar-refractivity contribution is 5.93. The SMILES string of the molecule is CCOC(=O)c1[nH]cc2c1C1CCC2c2c[nH]c(C(=O)OC(C)(C)C)c21. The van der Waals surface area contributed by atoms with Gasteiger partial charge in [-0.2, -0.15) is 0 Å². The summed E-state index contributed by atoms with van der Waals surface area (Å²) in [7, 11) is 0. The molecule has 2 atom stereocenters. The first kappa shape index (κ1) is 16.9. The predicted molar refractivity (Wildman–Crippen MR) is 95.6 cm³/mol. The normalized spacial score (nSPS) is 20.5. The van der Waals surface area contributed by atoms with Crippen LogP contribution in [0.4, 0.5) is 0 Å². The number of esters is 2. The van der Waals surface area contributed by atoms with Gasteiger partial charge in [0.05, 0.1) is 6.61 Å². The third-order valence-electron chi connectivity index (χ3n) is 5.18. The number of carbonyl (C=O) groups excluding carboxylic acids is 2. The standard InChI is InChI=1S/C20H24N2O4/c1-5-25-18(23)16-14-11-7-6-10(12(14)8-21-16)13-9-22-17(15(11)13)19(24)26-20(2,3)4/h8-11,21-22H,5-7H2,1-4H3. The lowest BCUT2D eigenvalue weighted by molar-refractivity contribution is 0.00616. The quantitative estimate of drug-likeness (QED) is 0.818. The molecule has 2 N–H and O–H groups in total. The molecule has 0 saturated carbocycles. The number of rotatable bonds is 3. The maximum absolute atomic E-state index is 12.7. The Labute approximate surface area is 152 Å². The second kappa shape index (κ2) is 5.76. The van der Waals surface area contributed by atoms with Gasteiger partial charge >= 0.3 is 11.9 Å². The fraction of sp³-hybridized carbons (Fsp3) is 0.500. The fourth-order valence-electron chi connectivity index (χ4n) is 4.34. The number of fused-ring (bicyclic) bond motifs is 1. The zero-order valence-corrected chi connectivity index (χ0v) is 15.6. The van der Waals surface area contributed by atoms with Crippen LogP contribution in [0.2, 0.25) is 0 Å². The van der Waals surface area contributed by atoms with Crippen LogP contribution in [0, 0.1) is 0 Å². The Morgan fingerprint density at radius 3 is 2.08 bits per heavy atom.